The molecule has 0 spiro atoms. The first-order chi connectivity index (χ1) is 9.13. The number of rotatable bonds is 7. The lowest BCUT2D eigenvalue weighted by Gasteiger charge is -2.15. The van der Waals surface area contributed by atoms with E-state index < -0.39 is 0 Å². The van der Waals surface area contributed by atoms with Crippen molar-refractivity contribution >= 4 is 0 Å². The zero-order valence-electron chi connectivity index (χ0n) is 12.4. The standard InChI is InChI=1S/C16H25NO2/c1-11-7-14(11)10-17-12(2)8-13-5-6-15(18-3)16(9-13)19-4/h5-6,9,11-12,14,17H,7-8,10H2,1-4H3. The van der Waals surface area contributed by atoms with Gasteiger partial charge >= 0.3 is 0 Å². The Morgan fingerprint density at radius 2 is 1.95 bits per heavy atom. The number of ether oxygens (including phenoxy) is 2. The van der Waals surface area contributed by atoms with Gasteiger partial charge in [0.15, 0.2) is 11.5 Å². The monoisotopic (exact) mass is 263 g/mol. The Morgan fingerprint density at radius 3 is 2.53 bits per heavy atom. The normalized spacial score (nSPS) is 22.9. The van der Waals surface area contributed by atoms with Gasteiger partial charge in [-0.1, -0.05) is 13.0 Å². The third-order valence-electron chi connectivity index (χ3n) is 3.99. The summed E-state index contributed by atoms with van der Waals surface area (Å²) in [6.07, 6.45) is 2.40. The van der Waals surface area contributed by atoms with Crippen molar-refractivity contribution in [2.45, 2.75) is 32.7 Å². The quantitative estimate of drug-likeness (QED) is 0.820. The molecule has 2 rings (SSSR count). The van der Waals surface area contributed by atoms with Gasteiger partial charge in [-0.3, -0.25) is 0 Å². The summed E-state index contributed by atoms with van der Waals surface area (Å²) >= 11 is 0. The van der Waals surface area contributed by atoms with Gasteiger partial charge in [0.25, 0.3) is 0 Å². The molecule has 1 aromatic rings. The van der Waals surface area contributed by atoms with Crippen LogP contribution in [0.4, 0.5) is 0 Å². The molecule has 1 aliphatic rings. The van der Waals surface area contributed by atoms with E-state index in [0.717, 1.165) is 36.3 Å². The van der Waals surface area contributed by atoms with E-state index in [2.05, 4.69) is 31.3 Å². The van der Waals surface area contributed by atoms with Crippen molar-refractivity contribution in [3.63, 3.8) is 0 Å². The van der Waals surface area contributed by atoms with E-state index >= 15 is 0 Å². The van der Waals surface area contributed by atoms with Gasteiger partial charge < -0.3 is 14.8 Å². The summed E-state index contributed by atoms with van der Waals surface area (Å²) in [6.45, 7) is 5.71. The fourth-order valence-electron chi connectivity index (χ4n) is 2.47. The SMILES string of the molecule is COc1ccc(CC(C)NCC2CC2C)cc1OC. The first-order valence-corrected chi connectivity index (χ1v) is 7.08. The first-order valence-electron chi connectivity index (χ1n) is 7.08. The van der Waals surface area contributed by atoms with Crippen LogP contribution in [-0.2, 0) is 6.42 Å². The molecule has 0 aromatic heterocycles. The molecule has 0 bridgehead atoms. The van der Waals surface area contributed by atoms with Crippen LogP contribution in [0.2, 0.25) is 0 Å². The van der Waals surface area contributed by atoms with Crippen LogP contribution in [0.1, 0.15) is 25.8 Å². The van der Waals surface area contributed by atoms with Crippen molar-refractivity contribution in [1.29, 1.82) is 0 Å². The summed E-state index contributed by atoms with van der Waals surface area (Å²) < 4.78 is 10.6. The van der Waals surface area contributed by atoms with Gasteiger partial charge in [0.1, 0.15) is 0 Å². The fraction of sp³-hybridized carbons (Fsp3) is 0.625. The predicted octanol–water partition coefficient (Wildman–Crippen LogP) is 2.88. The Labute approximate surface area is 116 Å². The summed E-state index contributed by atoms with van der Waals surface area (Å²) in [4.78, 5) is 0. The Hall–Kier alpha value is -1.22. The van der Waals surface area contributed by atoms with Crippen molar-refractivity contribution in [1.82, 2.24) is 5.32 Å². The van der Waals surface area contributed by atoms with Crippen LogP contribution >= 0.6 is 0 Å². The van der Waals surface area contributed by atoms with Gasteiger partial charge in [0.2, 0.25) is 0 Å². The topological polar surface area (TPSA) is 30.5 Å². The molecule has 3 nitrogen and oxygen atoms in total. The molecule has 1 saturated carbocycles. The molecular formula is C16H25NO2. The molecule has 0 amide bonds. The van der Waals surface area contributed by atoms with E-state index in [1.54, 1.807) is 14.2 Å². The molecule has 1 aliphatic carbocycles. The first kappa shape index (κ1) is 14.2. The lowest BCUT2D eigenvalue weighted by Crippen LogP contribution is -2.30. The van der Waals surface area contributed by atoms with Crippen molar-refractivity contribution < 1.29 is 9.47 Å². The second-order valence-electron chi connectivity index (χ2n) is 5.68. The molecular weight excluding hydrogens is 238 g/mol. The Bertz CT molecular complexity index is 419. The van der Waals surface area contributed by atoms with Crippen molar-refractivity contribution in [2.75, 3.05) is 20.8 Å². The molecule has 106 valence electrons. The summed E-state index contributed by atoms with van der Waals surface area (Å²) in [5.41, 5.74) is 1.28. The van der Waals surface area contributed by atoms with Gasteiger partial charge in [-0.25, -0.2) is 0 Å². The molecule has 0 radical (unpaired) electrons. The second-order valence-corrected chi connectivity index (χ2v) is 5.68. The molecule has 3 heteroatoms. The number of nitrogens with one attached hydrogen (secondary N) is 1. The van der Waals surface area contributed by atoms with E-state index in [9.17, 15) is 0 Å². The number of hydrogen-bond donors (Lipinski definition) is 1. The third kappa shape index (κ3) is 3.87. The lowest BCUT2D eigenvalue weighted by molar-refractivity contribution is 0.354. The van der Waals surface area contributed by atoms with Gasteiger partial charge in [-0.05, 0) is 55.8 Å². The van der Waals surface area contributed by atoms with Crippen LogP contribution in [-0.4, -0.2) is 26.8 Å². The van der Waals surface area contributed by atoms with E-state index in [4.69, 9.17) is 9.47 Å². The molecule has 3 unspecified atom stereocenters. The highest BCUT2D eigenvalue weighted by Crippen LogP contribution is 2.36. The van der Waals surface area contributed by atoms with Crippen molar-refractivity contribution in [3.8, 4) is 11.5 Å². The molecule has 0 saturated heterocycles. The largest absolute Gasteiger partial charge is 0.493 e. The van der Waals surface area contributed by atoms with Crippen molar-refractivity contribution in [3.05, 3.63) is 23.8 Å². The minimum atomic E-state index is 0.492. The highest BCUT2D eigenvalue weighted by atomic mass is 16.5. The number of benzene rings is 1. The third-order valence-corrected chi connectivity index (χ3v) is 3.99. The number of hydrogen-bond acceptors (Lipinski definition) is 3. The molecule has 3 atom stereocenters. The van der Waals surface area contributed by atoms with Crippen LogP contribution in [0.15, 0.2) is 18.2 Å². The zero-order valence-corrected chi connectivity index (χ0v) is 12.4. The highest BCUT2D eigenvalue weighted by Gasteiger charge is 2.31. The van der Waals surface area contributed by atoms with Gasteiger partial charge in [0.05, 0.1) is 14.2 Å². The van der Waals surface area contributed by atoms with Crippen LogP contribution < -0.4 is 14.8 Å². The maximum atomic E-state index is 5.34. The van der Waals surface area contributed by atoms with E-state index in [-0.39, 0.29) is 0 Å². The van der Waals surface area contributed by atoms with E-state index in [0.29, 0.717) is 6.04 Å². The van der Waals surface area contributed by atoms with Crippen LogP contribution in [0.3, 0.4) is 0 Å². The predicted molar refractivity (Wildman–Crippen MR) is 78.0 cm³/mol. The minimum Gasteiger partial charge on any atom is -0.493 e. The Kier molecular flexibility index (Phi) is 4.70. The molecule has 1 fully saturated rings. The molecule has 0 heterocycles. The molecule has 0 aliphatic heterocycles. The molecule has 19 heavy (non-hydrogen) atoms. The van der Waals surface area contributed by atoms with Gasteiger partial charge in [-0.15, -0.1) is 0 Å². The minimum absolute atomic E-state index is 0.492. The summed E-state index contributed by atoms with van der Waals surface area (Å²) in [5.74, 6) is 3.41. The number of methoxy groups -OCH3 is 2. The second kappa shape index (κ2) is 6.29. The van der Waals surface area contributed by atoms with Gasteiger partial charge in [0, 0.05) is 6.04 Å². The average molecular weight is 263 g/mol. The van der Waals surface area contributed by atoms with Crippen LogP contribution in [0, 0.1) is 11.8 Å². The maximum Gasteiger partial charge on any atom is 0.160 e. The zero-order chi connectivity index (χ0) is 13.8. The summed E-state index contributed by atoms with van der Waals surface area (Å²) in [5, 5.41) is 3.62. The van der Waals surface area contributed by atoms with Gasteiger partial charge in [-0.2, -0.15) is 0 Å². The smallest absolute Gasteiger partial charge is 0.160 e. The summed E-state index contributed by atoms with van der Waals surface area (Å²) in [6, 6.07) is 6.64. The van der Waals surface area contributed by atoms with Crippen LogP contribution in [0.25, 0.3) is 0 Å². The van der Waals surface area contributed by atoms with E-state index in [1.165, 1.54) is 12.0 Å². The summed E-state index contributed by atoms with van der Waals surface area (Å²) in [7, 11) is 3.34. The Morgan fingerprint density at radius 1 is 1.26 bits per heavy atom. The van der Waals surface area contributed by atoms with Crippen LogP contribution in [0.5, 0.6) is 11.5 Å². The molecule has 1 N–H and O–H groups in total. The fourth-order valence-corrected chi connectivity index (χ4v) is 2.47. The average Bonchev–Trinajstić information content (AvgIpc) is 3.12. The lowest BCUT2D eigenvalue weighted by atomic mass is 10.1. The highest BCUT2D eigenvalue weighted by molar-refractivity contribution is 5.43. The van der Waals surface area contributed by atoms with Crippen molar-refractivity contribution in [2.24, 2.45) is 11.8 Å². The molecule has 1 aromatic carbocycles. The maximum absolute atomic E-state index is 5.34. The Balaban J connectivity index is 1.87. The van der Waals surface area contributed by atoms with E-state index in [1.807, 2.05) is 6.07 Å².